The molecule has 2 atom stereocenters. The van der Waals surface area contributed by atoms with Crippen LogP contribution in [0.3, 0.4) is 0 Å². The Balaban J connectivity index is 2.03. The molecule has 2 heteroatoms. The molecule has 1 heterocycles. The Morgan fingerprint density at radius 3 is 2.62 bits per heavy atom. The molecular formula is C11H15NS. The zero-order valence-electron chi connectivity index (χ0n) is 7.86. The van der Waals surface area contributed by atoms with Gasteiger partial charge in [-0.1, -0.05) is 42.3 Å². The third-order valence-electron chi connectivity index (χ3n) is 2.44. The first-order valence-corrected chi connectivity index (χ1v) is 5.70. The second-order valence-corrected chi connectivity index (χ2v) is 4.65. The quantitative estimate of drug-likeness (QED) is 0.688. The first-order valence-electron chi connectivity index (χ1n) is 4.82. The average Bonchev–Trinajstić information content (AvgIpc) is 2.20. The first kappa shape index (κ1) is 9.10. The molecule has 1 saturated heterocycles. The molecule has 1 aromatic carbocycles. The van der Waals surface area contributed by atoms with E-state index in [-0.39, 0.29) is 0 Å². The largest absolute Gasteiger partial charge is 0.261 e. The normalized spacial score (nSPS) is 28.7. The van der Waals surface area contributed by atoms with Gasteiger partial charge < -0.3 is 0 Å². The van der Waals surface area contributed by atoms with Crippen LogP contribution in [-0.4, -0.2) is 6.04 Å². The van der Waals surface area contributed by atoms with E-state index in [1.165, 1.54) is 18.4 Å². The fourth-order valence-corrected chi connectivity index (χ4v) is 2.68. The minimum absolute atomic E-state index is 0.650. The zero-order chi connectivity index (χ0) is 9.10. The summed E-state index contributed by atoms with van der Waals surface area (Å²) in [7, 11) is 0. The highest BCUT2D eigenvalue weighted by Crippen LogP contribution is 2.35. The summed E-state index contributed by atoms with van der Waals surface area (Å²) in [6, 6.07) is 11.4. The summed E-state index contributed by atoms with van der Waals surface area (Å²) in [5, 5.41) is 0.650. The minimum atomic E-state index is 0.650. The topological polar surface area (TPSA) is 12.0 Å². The number of hydrogen-bond donors (Lipinski definition) is 1. The van der Waals surface area contributed by atoms with Crippen LogP contribution < -0.4 is 4.72 Å². The first-order chi connectivity index (χ1) is 6.36. The fourth-order valence-electron chi connectivity index (χ4n) is 1.62. The average molecular weight is 193 g/mol. The van der Waals surface area contributed by atoms with Gasteiger partial charge in [-0.15, -0.1) is 0 Å². The van der Waals surface area contributed by atoms with Gasteiger partial charge in [0.2, 0.25) is 0 Å². The summed E-state index contributed by atoms with van der Waals surface area (Å²) in [5.74, 6) is 0. The molecule has 1 N–H and O–H groups in total. The lowest BCUT2D eigenvalue weighted by Crippen LogP contribution is -2.25. The number of hydrogen-bond acceptors (Lipinski definition) is 2. The molecule has 1 fully saturated rings. The monoisotopic (exact) mass is 193 g/mol. The maximum atomic E-state index is 3.45. The summed E-state index contributed by atoms with van der Waals surface area (Å²) in [6.45, 7) is 2.24. The maximum absolute atomic E-state index is 3.45. The SMILES string of the molecule is C[C@@H]1CCC(c2ccccc2)SN1. The van der Waals surface area contributed by atoms with Crippen LogP contribution in [0.15, 0.2) is 30.3 Å². The van der Waals surface area contributed by atoms with Gasteiger partial charge >= 0.3 is 0 Å². The van der Waals surface area contributed by atoms with Crippen LogP contribution in [0.25, 0.3) is 0 Å². The molecule has 0 bridgehead atoms. The van der Waals surface area contributed by atoms with Crippen molar-refractivity contribution >= 4 is 11.9 Å². The smallest absolute Gasteiger partial charge is 0.0443 e. The van der Waals surface area contributed by atoms with Gasteiger partial charge in [0, 0.05) is 11.3 Å². The third-order valence-corrected chi connectivity index (χ3v) is 3.78. The molecule has 0 radical (unpaired) electrons. The van der Waals surface area contributed by atoms with Gasteiger partial charge in [-0.2, -0.15) is 0 Å². The Morgan fingerprint density at radius 2 is 2.00 bits per heavy atom. The van der Waals surface area contributed by atoms with Crippen molar-refractivity contribution in [3.05, 3.63) is 35.9 Å². The third kappa shape index (κ3) is 2.26. The zero-order valence-corrected chi connectivity index (χ0v) is 8.68. The van der Waals surface area contributed by atoms with Crippen LogP contribution in [0.5, 0.6) is 0 Å². The van der Waals surface area contributed by atoms with Crippen molar-refractivity contribution in [2.45, 2.75) is 31.1 Å². The Bertz CT molecular complexity index is 252. The molecule has 1 unspecified atom stereocenters. The molecule has 1 aliphatic heterocycles. The van der Waals surface area contributed by atoms with Gasteiger partial charge in [-0.25, -0.2) is 0 Å². The van der Waals surface area contributed by atoms with Crippen LogP contribution in [0.4, 0.5) is 0 Å². The van der Waals surface area contributed by atoms with Crippen LogP contribution in [0, 0.1) is 0 Å². The fraction of sp³-hybridized carbons (Fsp3) is 0.455. The van der Waals surface area contributed by atoms with Gasteiger partial charge in [0.05, 0.1) is 0 Å². The highest BCUT2D eigenvalue weighted by Gasteiger charge is 2.19. The lowest BCUT2D eigenvalue weighted by atomic mass is 10.1. The van der Waals surface area contributed by atoms with Crippen molar-refractivity contribution in [1.82, 2.24) is 4.72 Å². The molecular weight excluding hydrogens is 178 g/mol. The number of benzene rings is 1. The minimum Gasteiger partial charge on any atom is -0.261 e. The predicted octanol–water partition coefficient (Wildman–Crippen LogP) is 3.15. The van der Waals surface area contributed by atoms with Crippen molar-refractivity contribution in [2.75, 3.05) is 0 Å². The molecule has 0 aromatic heterocycles. The van der Waals surface area contributed by atoms with E-state index in [2.05, 4.69) is 42.0 Å². The number of nitrogens with one attached hydrogen (secondary N) is 1. The van der Waals surface area contributed by atoms with Crippen molar-refractivity contribution in [3.8, 4) is 0 Å². The van der Waals surface area contributed by atoms with Gasteiger partial charge in [-0.3, -0.25) is 4.72 Å². The van der Waals surface area contributed by atoms with Crippen molar-refractivity contribution in [3.63, 3.8) is 0 Å². The van der Waals surface area contributed by atoms with Gasteiger partial charge in [-0.05, 0) is 25.3 Å². The Morgan fingerprint density at radius 1 is 1.23 bits per heavy atom. The molecule has 0 saturated carbocycles. The molecule has 1 aliphatic rings. The van der Waals surface area contributed by atoms with Gasteiger partial charge in [0.1, 0.15) is 0 Å². The molecule has 1 nitrogen and oxygen atoms in total. The molecule has 0 spiro atoms. The Hall–Kier alpha value is -0.470. The molecule has 70 valence electrons. The molecule has 1 aromatic rings. The van der Waals surface area contributed by atoms with Crippen LogP contribution >= 0.6 is 11.9 Å². The maximum Gasteiger partial charge on any atom is 0.0443 e. The standard InChI is InChI=1S/C11H15NS/c1-9-7-8-11(13-12-9)10-5-3-2-4-6-10/h2-6,9,11-12H,7-8H2,1H3/t9-,11?/m1/s1. The Kier molecular flexibility index (Phi) is 2.91. The van der Waals surface area contributed by atoms with Crippen molar-refractivity contribution < 1.29 is 0 Å². The molecule has 0 amide bonds. The van der Waals surface area contributed by atoms with E-state index in [1.54, 1.807) is 0 Å². The van der Waals surface area contributed by atoms with Crippen LogP contribution in [0.2, 0.25) is 0 Å². The predicted molar refractivity (Wildman–Crippen MR) is 58.6 cm³/mol. The van der Waals surface area contributed by atoms with E-state index < -0.39 is 0 Å². The summed E-state index contributed by atoms with van der Waals surface area (Å²) in [5.41, 5.74) is 1.45. The Labute approximate surface area is 84.1 Å². The number of rotatable bonds is 1. The highest BCUT2D eigenvalue weighted by molar-refractivity contribution is 7.97. The summed E-state index contributed by atoms with van der Waals surface area (Å²) in [4.78, 5) is 0. The van der Waals surface area contributed by atoms with E-state index in [1.807, 2.05) is 11.9 Å². The molecule has 2 rings (SSSR count). The second kappa shape index (κ2) is 4.16. The van der Waals surface area contributed by atoms with Crippen molar-refractivity contribution in [1.29, 1.82) is 0 Å². The highest BCUT2D eigenvalue weighted by atomic mass is 32.2. The summed E-state index contributed by atoms with van der Waals surface area (Å²) < 4.78 is 3.45. The molecule has 0 aliphatic carbocycles. The van der Waals surface area contributed by atoms with Crippen LogP contribution in [0.1, 0.15) is 30.6 Å². The van der Waals surface area contributed by atoms with Crippen LogP contribution in [-0.2, 0) is 0 Å². The van der Waals surface area contributed by atoms with E-state index in [0.717, 1.165) is 0 Å². The lowest BCUT2D eigenvalue weighted by Gasteiger charge is -2.26. The van der Waals surface area contributed by atoms with E-state index in [0.29, 0.717) is 11.3 Å². The van der Waals surface area contributed by atoms with E-state index in [9.17, 15) is 0 Å². The summed E-state index contributed by atoms with van der Waals surface area (Å²) >= 11 is 1.87. The van der Waals surface area contributed by atoms with Gasteiger partial charge in [0.25, 0.3) is 0 Å². The molecule has 13 heavy (non-hydrogen) atoms. The van der Waals surface area contributed by atoms with E-state index in [4.69, 9.17) is 0 Å². The van der Waals surface area contributed by atoms with E-state index >= 15 is 0 Å². The van der Waals surface area contributed by atoms with Crippen molar-refractivity contribution in [2.24, 2.45) is 0 Å². The lowest BCUT2D eigenvalue weighted by molar-refractivity contribution is 0.561. The summed E-state index contributed by atoms with van der Waals surface area (Å²) in [6.07, 6.45) is 2.58. The second-order valence-electron chi connectivity index (χ2n) is 3.61. The van der Waals surface area contributed by atoms with Gasteiger partial charge in [0.15, 0.2) is 0 Å².